The second-order valence-electron chi connectivity index (χ2n) is 2.87. The first-order chi connectivity index (χ1) is 7.65. The lowest BCUT2D eigenvalue weighted by Gasteiger charge is -2.03. The van der Waals surface area contributed by atoms with Crippen molar-refractivity contribution >= 4 is 23.4 Å². The molecule has 0 aliphatic rings. The Morgan fingerprint density at radius 3 is 3.06 bits per heavy atom. The molecule has 1 amide bonds. The van der Waals surface area contributed by atoms with Crippen LogP contribution in [0.25, 0.3) is 0 Å². The van der Waals surface area contributed by atoms with Crippen molar-refractivity contribution in [2.45, 2.75) is 13.8 Å². The number of carbonyl (C=O) groups excluding carboxylic acids is 1. The SMILES string of the molecule is CCOC(=O)N/N=C(\C)c1cccnc1Cl. The molecule has 0 aliphatic carbocycles. The van der Waals surface area contributed by atoms with Crippen LogP contribution in [0, 0.1) is 0 Å². The zero-order valence-electron chi connectivity index (χ0n) is 9.03. The van der Waals surface area contributed by atoms with Gasteiger partial charge in [-0.1, -0.05) is 11.6 Å². The smallest absolute Gasteiger partial charge is 0.427 e. The molecule has 16 heavy (non-hydrogen) atoms. The molecule has 6 heteroatoms. The summed E-state index contributed by atoms with van der Waals surface area (Å²) in [5.41, 5.74) is 3.48. The number of pyridine rings is 1. The van der Waals surface area contributed by atoms with E-state index in [1.165, 1.54) is 0 Å². The van der Waals surface area contributed by atoms with Crippen molar-refractivity contribution in [2.24, 2.45) is 5.10 Å². The molecule has 1 aromatic rings. The fraction of sp³-hybridized carbons (Fsp3) is 0.300. The topological polar surface area (TPSA) is 63.6 Å². The predicted molar refractivity (Wildman–Crippen MR) is 61.6 cm³/mol. The minimum Gasteiger partial charge on any atom is -0.449 e. The molecular weight excluding hydrogens is 230 g/mol. The van der Waals surface area contributed by atoms with Crippen molar-refractivity contribution < 1.29 is 9.53 Å². The average Bonchev–Trinajstić information content (AvgIpc) is 2.27. The second-order valence-corrected chi connectivity index (χ2v) is 3.23. The Bertz CT molecular complexity index is 407. The number of nitrogens with one attached hydrogen (secondary N) is 1. The normalized spacial score (nSPS) is 11.1. The first-order valence-electron chi connectivity index (χ1n) is 4.73. The Morgan fingerprint density at radius 1 is 1.69 bits per heavy atom. The number of hydrogen-bond donors (Lipinski definition) is 1. The third-order valence-electron chi connectivity index (χ3n) is 1.74. The molecule has 0 saturated heterocycles. The number of aromatic nitrogens is 1. The van der Waals surface area contributed by atoms with Gasteiger partial charge < -0.3 is 4.74 Å². The zero-order valence-corrected chi connectivity index (χ0v) is 9.78. The van der Waals surface area contributed by atoms with Gasteiger partial charge in [0.05, 0.1) is 12.3 Å². The van der Waals surface area contributed by atoms with Gasteiger partial charge in [0.2, 0.25) is 0 Å². The van der Waals surface area contributed by atoms with Gasteiger partial charge in [-0.3, -0.25) is 0 Å². The van der Waals surface area contributed by atoms with Crippen LogP contribution in [0.4, 0.5) is 4.79 Å². The lowest BCUT2D eigenvalue weighted by molar-refractivity contribution is 0.152. The summed E-state index contributed by atoms with van der Waals surface area (Å²) in [5.74, 6) is 0. The molecule has 0 aromatic carbocycles. The van der Waals surface area contributed by atoms with Crippen molar-refractivity contribution in [3.63, 3.8) is 0 Å². The Balaban J connectivity index is 2.71. The summed E-state index contributed by atoms with van der Waals surface area (Å²) in [6.45, 7) is 3.73. The van der Waals surface area contributed by atoms with Crippen LogP contribution in [0.5, 0.6) is 0 Å². The molecule has 0 aliphatic heterocycles. The molecule has 0 bridgehead atoms. The van der Waals surface area contributed by atoms with Gasteiger partial charge in [-0.2, -0.15) is 5.10 Å². The maximum atomic E-state index is 11.0. The first kappa shape index (κ1) is 12.4. The van der Waals surface area contributed by atoms with Gasteiger partial charge in [-0.05, 0) is 26.0 Å². The minimum absolute atomic E-state index is 0.300. The molecule has 0 fully saturated rings. The molecule has 0 atom stereocenters. The summed E-state index contributed by atoms with van der Waals surface area (Å²) < 4.78 is 4.65. The molecule has 1 aromatic heterocycles. The highest BCUT2D eigenvalue weighted by molar-refractivity contribution is 6.32. The van der Waals surface area contributed by atoms with Crippen molar-refractivity contribution in [1.29, 1.82) is 0 Å². The predicted octanol–water partition coefficient (Wildman–Crippen LogP) is 2.21. The van der Waals surface area contributed by atoms with Crippen LogP contribution in [0.2, 0.25) is 5.15 Å². The van der Waals surface area contributed by atoms with E-state index >= 15 is 0 Å². The number of ether oxygens (including phenoxy) is 1. The summed E-state index contributed by atoms with van der Waals surface area (Å²) in [5, 5.41) is 4.18. The lowest BCUT2D eigenvalue weighted by atomic mass is 10.2. The van der Waals surface area contributed by atoms with E-state index in [9.17, 15) is 4.79 Å². The van der Waals surface area contributed by atoms with Gasteiger partial charge in [-0.15, -0.1) is 0 Å². The van der Waals surface area contributed by atoms with Crippen LogP contribution < -0.4 is 5.43 Å². The number of hydrazone groups is 1. The van der Waals surface area contributed by atoms with Gasteiger partial charge in [0.15, 0.2) is 0 Å². The van der Waals surface area contributed by atoms with Crippen molar-refractivity contribution in [3.8, 4) is 0 Å². The van der Waals surface area contributed by atoms with Crippen LogP contribution in [0.3, 0.4) is 0 Å². The zero-order chi connectivity index (χ0) is 12.0. The maximum absolute atomic E-state index is 11.0. The summed E-state index contributed by atoms with van der Waals surface area (Å²) in [7, 11) is 0. The quantitative estimate of drug-likeness (QED) is 0.501. The lowest BCUT2D eigenvalue weighted by Crippen LogP contribution is -2.20. The molecule has 1 N–H and O–H groups in total. The van der Waals surface area contributed by atoms with E-state index < -0.39 is 6.09 Å². The Kier molecular flexibility index (Phi) is 4.72. The highest BCUT2D eigenvalue weighted by atomic mass is 35.5. The van der Waals surface area contributed by atoms with E-state index in [-0.39, 0.29) is 0 Å². The molecule has 1 rings (SSSR count). The fourth-order valence-corrected chi connectivity index (χ4v) is 1.27. The standard InChI is InChI=1S/C10H12ClN3O2/c1-3-16-10(15)14-13-7(2)8-5-4-6-12-9(8)11/h4-6H,3H2,1-2H3,(H,14,15)/b13-7+. The Hall–Kier alpha value is -1.62. The van der Waals surface area contributed by atoms with Crippen LogP contribution in [-0.2, 0) is 4.74 Å². The van der Waals surface area contributed by atoms with E-state index in [0.717, 1.165) is 0 Å². The minimum atomic E-state index is -0.595. The van der Waals surface area contributed by atoms with Gasteiger partial charge in [0.25, 0.3) is 0 Å². The van der Waals surface area contributed by atoms with E-state index in [1.807, 2.05) is 0 Å². The van der Waals surface area contributed by atoms with Gasteiger partial charge >= 0.3 is 6.09 Å². The first-order valence-corrected chi connectivity index (χ1v) is 5.11. The highest BCUT2D eigenvalue weighted by Gasteiger charge is 2.04. The molecule has 0 saturated carbocycles. The maximum Gasteiger partial charge on any atom is 0.427 e. The summed E-state index contributed by atoms with van der Waals surface area (Å²) in [6, 6.07) is 3.51. The summed E-state index contributed by atoms with van der Waals surface area (Å²) >= 11 is 5.86. The van der Waals surface area contributed by atoms with Crippen LogP contribution in [-0.4, -0.2) is 23.4 Å². The molecule has 5 nitrogen and oxygen atoms in total. The third-order valence-corrected chi connectivity index (χ3v) is 2.04. The van der Waals surface area contributed by atoms with Gasteiger partial charge in [-0.25, -0.2) is 15.2 Å². The van der Waals surface area contributed by atoms with E-state index in [2.05, 4.69) is 20.2 Å². The van der Waals surface area contributed by atoms with Crippen molar-refractivity contribution in [1.82, 2.24) is 10.4 Å². The van der Waals surface area contributed by atoms with E-state index in [4.69, 9.17) is 11.6 Å². The number of halogens is 1. The number of nitrogens with zero attached hydrogens (tertiary/aromatic N) is 2. The van der Waals surface area contributed by atoms with Crippen LogP contribution >= 0.6 is 11.6 Å². The van der Waals surface area contributed by atoms with Gasteiger partial charge in [0, 0.05) is 11.8 Å². The summed E-state index contributed by atoms with van der Waals surface area (Å²) in [4.78, 5) is 14.9. The fourth-order valence-electron chi connectivity index (χ4n) is 1.01. The molecular formula is C10H12ClN3O2. The highest BCUT2D eigenvalue weighted by Crippen LogP contribution is 2.12. The molecule has 0 spiro atoms. The van der Waals surface area contributed by atoms with Crippen molar-refractivity contribution in [3.05, 3.63) is 29.0 Å². The van der Waals surface area contributed by atoms with E-state index in [1.54, 1.807) is 32.2 Å². The van der Waals surface area contributed by atoms with Gasteiger partial charge in [0.1, 0.15) is 5.15 Å². The molecule has 0 radical (unpaired) electrons. The number of hydrogen-bond acceptors (Lipinski definition) is 4. The third kappa shape index (κ3) is 3.51. The molecule has 86 valence electrons. The summed E-state index contributed by atoms with van der Waals surface area (Å²) in [6.07, 6.45) is 0.986. The number of carbonyl (C=O) groups is 1. The van der Waals surface area contributed by atoms with Crippen LogP contribution in [0.1, 0.15) is 19.4 Å². The van der Waals surface area contributed by atoms with E-state index in [0.29, 0.717) is 23.0 Å². The average molecular weight is 242 g/mol. The Labute approximate surface area is 98.5 Å². The second kappa shape index (κ2) is 6.07. The Morgan fingerprint density at radius 2 is 2.44 bits per heavy atom. The number of amides is 1. The van der Waals surface area contributed by atoms with Crippen molar-refractivity contribution in [2.75, 3.05) is 6.61 Å². The molecule has 1 heterocycles. The largest absolute Gasteiger partial charge is 0.449 e. The molecule has 0 unspecified atom stereocenters. The number of rotatable bonds is 3. The monoisotopic (exact) mass is 241 g/mol. The van der Waals surface area contributed by atoms with Crippen LogP contribution in [0.15, 0.2) is 23.4 Å².